The quantitative estimate of drug-likeness (QED) is 0.717. The number of hydrogen-bond donors (Lipinski definition) is 1. The van der Waals surface area contributed by atoms with E-state index in [1.54, 1.807) is 13.3 Å². The van der Waals surface area contributed by atoms with Crippen LogP contribution in [0.15, 0.2) is 36.5 Å². The summed E-state index contributed by atoms with van der Waals surface area (Å²) in [4.78, 5) is 24.0. The van der Waals surface area contributed by atoms with Gasteiger partial charge in [0.1, 0.15) is 11.3 Å². The molecule has 1 N–H and O–H groups in total. The van der Waals surface area contributed by atoms with E-state index in [0.717, 1.165) is 40.2 Å². The molecule has 0 radical (unpaired) electrons. The van der Waals surface area contributed by atoms with Gasteiger partial charge in [0.05, 0.1) is 6.61 Å². The normalized spacial score (nSPS) is 16.5. The SMILES string of the molecule is COCCn1c([C@@H]2CCN(C(=O)Nc3cc(C)cc(C)c3)C2)nc2cccnc21. The number of methoxy groups -OCH3 is 1. The van der Waals surface area contributed by atoms with E-state index in [0.29, 0.717) is 26.2 Å². The average Bonchev–Trinajstić information content (AvgIpc) is 3.30. The van der Waals surface area contributed by atoms with Gasteiger partial charge in [-0.1, -0.05) is 6.07 Å². The number of carbonyl (C=O) groups excluding carboxylic acids is 1. The van der Waals surface area contributed by atoms with Crippen LogP contribution in [-0.4, -0.2) is 52.3 Å². The van der Waals surface area contributed by atoms with Crippen LogP contribution in [0.25, 0.3) is 11.2 Å². The van der Waals surface area contributed by atoms with Crippen molar-refractivity contribution in [2.75, 3.05) is 32.1 Å². The number of aromatic nitrogens is 3. The zero-order valence-corrected chi connectivity index (χ0v) is 17.2. The first-order valence-corrected chi connectivity index (χ1v) is 9.99. The number of ether oxygens (including phenoxy) is 1. The molecule has 29 heavy (non-hydrogen) atoms. The lowest BCUT2D eigenvalue weighted by Gasteiger charge is -2.18. The molecule has 7 heteroatoms. The number of amides is 2. The minimum atomic E-state index is -0.0600. The second-order valence-corrected chi connectivity index (χ2v) is 7.70. The van der Waals surface area contributed by atoms with E-state index in [2.05, 4.69) is 20.9 Å². The van der Waals surface area contributed by atoms with Gasteiger partial charge in [-0.3, -0.25) is 0 Å². The molecule has 1 fully saturated rings. The van der Waals surface area contributed by atoms with Gasteiger partial charge in [0.2, 0.25) is 0 Å². The van der Waals surface area contributed by atoms with E-state index < -0.39 is 0 Å². The molecule has 1 saturated heterocycles. The van der Waals surface area contributed by atoms with Crippen LogP contribution in [0, 0.1) is 13.8 Å². The first kappa shape index (κ1) is 19.4. The fraction of sp³-hybridized carbons (Fsp3) is 0.409. The molecule has 152 valence electrons. The van der Waals surface area contributed by atoms with Crippen molar-refractivity contribution in [1.82, 2.24) is 19.4 Å². The fourth-order valence-electron chi connectivity index (χ4n) is 4.10. The Hall–Kier alpha value is -2.93. The zero-order valence-electron chi connectivity index (χ0n) is 17.2. The zero-order chi connectivity index (χ0) is 20.4. The van der Waals surface area contributed by atoms with Crippen LogP contribution in [0.1, 0.15) is 29.3 Å². The number of urea groups is 1. The lowest BCUT2D eigenvalue weighted by atomic mass is 10.1. The van der Waals surface area contributed by atoms with Crippen LogP contribution >= 0.6 is 0 Å². The molecule has 3 aromatic rings. The summed E-state index contributed by atoms with van der Waals surface area (Å²) in [6.07, 6.45) is 2.67. The van der Waals surface area contributed by atoms with Crippen molar-refractivity contribution in [2.45, 2.75) is 32.7 Å². The Morgan fingerprint density at radius 3 is 2.83 bits per heavy atom. The first-order chi connectivity index (χ1) is 14.0. The number of anilines is 1. The Morgan fingerprint density at radius 1 is 1.28 bits per heavy atom. The number of rotatable bonds is 5. The van der Waals surface area contributed by atoms with Gasteiger partial charge in [-0.15, -0.1) is 0 Å². The van der Waals surface area contributed by atoms with Gasteiger partial charge >= 0.3 is 6.03 Å². The van der Waals surface area contributed by atoms with Gasteiger partial charge in [0, 0.05) is 44.5 Å². The number of hydrogen-bond acceptors (Lipinski definition) is 4. The van der Waals surface area contributed by atoms with E-state index in [1.807, 2.05) is 43.0 Å². The smallest absolute Gasteiger partial charge is 0.321 e. The van der Waals surface area contributed by atoms with Crippen LogP contribution in [0.5, 0.6) is 0 Å². The fourth-order valence-corrected chi connectivity index (χ4v) is 4.10. The third-order valence-corrected chi connectivity index (χ3v) is 5.37. The molecule has 0 saturated carbocycles. The third kappa shape index (κ3) is 4.10. The molecule has 3 heterocycles. The van der Waals surface area contributed by atoms with Gasteiger partial charge in [0.25, 0.3) is 0 Å². The number of likely N-dealkylation sites (tertiary alicyclic amines) is 1. The Bertz CT molecular complexity index is 1010. The summed E-state index contributed by atoms with van der Waals surface area (Å²) in [5, 5.41) is 3.04. The molecule has 0 spiro atoms. The summed E-state index contributed by atoms with van der Waals surface area (Å²) in [6.45, 7) is 6.72. The topological polar surface area (TPSA) is 72.3 Å². The first-order valence-electron chi connectivity index (χ1n) is 9.99. The van der Waals surface area contributed by atoms with E-state index in [4.69, 9.17) is 9.72 Å². The van der Waals surface area contributed by atoms with Crippen LogP contribution in [0.3, 0.4) is 0 Å². The highest BCUT2D eigenvalue weighted by Gasteiger charge is 2.31. The molecule has 1 atom stereocenters. The van der Waals surface area contributed by atoms with Gasteiger partial charge in [-0.25, -0.2) is 14.8 Å². The molecule has 2 amide bonds. The highest BCUT2D eigenvalue weighted by molar-refractivity contribution is 5.89. The Kier molecular flexibility index (Phi) is 5.49. The summed E-state index contributed by atoms with van der Waals surface area (Å²) in [6, 6.07) is 9.91. The van der Waals surface area contributed by atoms with Crippen molar-refractivity contribution in [3.05, 3.63) is 53.5 Å². The monoisotopic (exact) mass is 393 g/mol. The largest absolute Gasteiger partial charge is 0.383 e. The Labute approximate surface area is 170 Å². The molecule has 1 aliphatic rings. The molecular formula is C22H27N5O2. The molecule has 1 aliphatic heterocycles. The van der Waals surface area contributed by atoms with Crippen molar-refractivity contribution in [2.24, 2.45) is 0 Å². The maximum absolute atomic E-state index is 12.8. The number of imidazole rings is 1. The number of fused-ring (bicyclic) bond motifs is 1. The maximum Gasteiger partial charge on any atom is 0.321 e. The number of aryl methyl sites for hydroxylation is 2. The van der Waals surface area contributed by atoms with Gasteiger partial charge < -0.3 is 19.5 Å². The number of nitrogens with one attached hydrogen (secondary N) is 1. The van der Waals surface area contributed by atoms with E-state index in [9.17, 15) is 4.79 Å². The lowest BCUT2D eigenvalue weighted by Crippen LogP contribution is -2.33. The maximum atomic E-state index is 12.8. The second-order valence-electron chi connectivity index (χ2n) is 7.70. The van der Waals surface area contributed by atoms with E-state index in [-0.39, 0.29) is 11.9 Å². The molecule has 0 bridgehead atoms. The minimum Gasteiger partial charge on any atom is -0.383 e. The van der Waals surface area contributed by atoms with E-state index in [1.165, 1.54) is 0 Å². The third-order valence-electron chi connectivity index (χ3n) is 5.37. The van der Waals surface area contributed by atoms with Crippen LogP contribution in [0.4, 0.5) is 10.5 Å². The predicted octanol–water partition coefficient (Wildman–Crippen LogP) is 3.72. The highest BCUT2D eigenvalue weighted by atomic mass is 16.5. The number of pyridine rings is 1. The van der Waals surface area contributed by atoms with Crippen molar-refractivity contribution in [3.8, 4) is 0 Å². The van der Waals surface area contributed by atoms with Gasteiger partial charge in [0.15, 0.2) is 5.65 Å². The molecule has 0 unspecified atom stereocenters. The van der Waals surface area contributed by atoms with Crippen LogP contribution < -0.4 is 5.32 Å². The summed E-state index contributed by atoms with van der Waals surface area (Å²) < 4.78 is 7.41. The number of carbonyl (C=O) groups is 1. The molecule has 0 aliphatic carbocycles. The molecule has 4 rings (SSSR count). The minimum absolute atomic E-state index is 0.0600. The Morgan fingerprint density at radius 2 is 2.07 bits per heavy atom. The van der Waals surface area contributed by atoms with Gasteiger partial charge in [-0.05, 0) is 55.7 Å². The highest BCUT2D eigenvalue weighted by Crippen LogP contribution is 2.29. The summed E-state index contributed by atoms with van der Waals surface area (Å²) >= 11 is 0. The summed E-state index contributed by atoms with van der Waals surface area (Å²) in [5.41, 5.74) is 4.87. The molecular weight excluding hydrogens is 366 g/mol. The van der Waals surface area contributed by atoms with Crippen LogP contribution in [-0.2, 0) is 11.3 Å². The number of benzene rings is 1. The summed E-state index contributed by atoms with van der Waals surface area (Å²) in [7, 11) is 1.70. The summed E-state index contributed by atoms with van der Waals surface area (Å²) in [5.74, 6) is 1.17. The molecule has 1 aromatic carbocycles. The molecule has 7 nitrogen and oxygen atoms in total. The lowest BCUT2D eigenvalue weighted by molar-refractivity contribution is 0.186. The average molecular weight is 393 g/mol. The Balaban J connectivity index is 1.51. The number of nitrogens with zero attached hydrogens (tertiary/aromatic N) is 4. The second kappa shape index (κ2) is 8.21. The van der Waals surface area contributed by atoms with Gasteiger partial charge in [-0.2, -0.15) is 0 Å². The predicted molar refractivity (Wildman–Crippen MR) is 113 cm³/mol. The van der Waals surface area contributed by atoms with Crippen molar-refractivity contribution >= 4 is 22.9 Å². The van der Waals surface area contributed by atoms with E-state index >= 15 is 0 Å². The standard InChI is InChI=1S/C22H27N5O2/c1-15-11-16(2)13-18(12-15)24-22(28)26-8-6-17(14-26)20-25-19-5-4-7-23-21(19)27(20)9-10-29-3/h4-5,7,11-13,17H,6,8-10,14H2,1-3H3,(H,24,28)/t17-/m1/s1. The molecule has 2 aromatic heterocycles. The van der Waals surface area contributed by atoms with Crippen molar-refractivity contribution < 1.29 is 9.53 Å². The van der Waals surface area contributed by atoms with Crippen molar-refractivity contribution in [3.63, 3.8) is 0 Å². The van der Waals surface area contributed by atoms with Crippen molar-refractivity contribution in [1.29, 1.82) is 0 Å². The van der Waals surface area contributed by atoms with Crippen LogP contribution in [0.2, 0.25) is 0 Å².